The maximum Gasteiger partial charge on any atom is 0.307 e. The van der Waals surface area contributed by atoms with E-state index in [-0.39, 0.29) is 34.9 Å². The van der Waals surface area contributed by atoms with Crippen LogP contribution in [0.25, 0.3) is 17.0 Å². The molecule has 228 valence electrons. The summed E-state index contributed by atoms with van der Waals surface area (Å²) < 4.78 is 52.0. The van der Waals surface area contributed by atoms with Gasteiger partial charge in [0, 0.05) is 31.4 Å². The van der Waals surface area contributed by atoms with Crippen molar-refractivity contribution in [3.8, 4) is 11.3 Å². The Balaban J connectivity index is 1.78. The molecule has 0 saturated heterocycles. The highest BCUT2D eigenvalue weighted by Crippen LogP contribution is 2.38. The van der Waals surface area contributed by atoms with Crippen LogP contribution in [0.2, 0.25) is 5.02 Å². The second kappa shape index (κ2) is 14.1. The fourth-order valence-electron chi connectivity index (χ4n) is 4.34. The van der Waals surface area contributed by atoms with Crippen molar-refractivity contribution in [2.45, 2.75) is 51.8 Å². The minimum absolute atomic E-state index is 0.0610. The van der Waals surface area contributed by atoms with Gasteiger partial charge in [-0.3, -0.25) is 14.4 Å². The number of nitrogens with zero attached hydrogens (tertiary/aromatic N) is 3. The SMILES string of the molecule is CC(=O)OCC1O[C@H](SCCc2cccc(Cl)c2)C(OC(C)=O)C(n2cc(-c3cc(C)c(F)c(F)c3)nn2)=C1OC(C)=O. The monoisotopic (exact) mass is 635 g/mol. The van der Waals surface area contributed by atoms with Crippen molar-refractivity contribution >= 4 is 47.0 Å². The molecule has 14 heteroatoms. The highest BCUT2D eigenvalue weighted by molar-refractivity contribution is 7.99. The number of carbonyl (C=O) groups excluding carboxylic acids is 3. The molecular weight excluding hydrogens is 608 g/mol. The quantitative estimate of drug-likeness (QED) is 0.220. The lowest BCUT2D eigenvalue weighted by molar-refractivity contribution is -0.156. The fourth-order valence-corrected chi connectivity index (χ4v) is 5.71. The normalized spacial score (nSPS) is 18.3. The predicted molar refractivity (Wildman–Crippen MR) is 154 cm³/mol. The number of hydrogen-bond donors (Lipinski definition) is 0. The number of hydrogen-bond acceptors (Lipinski definition) is 10. The van der Waals surface area contributed by atoms with Crippen LogP contribution in [-0.2, 0) is 39.8 Å². The molecule has 1 aromatic heterocycles. The number of ether oxygens (including phenoxy) is 4. The van der Waals surface area contributed by atoms with E-state index in [1.807, 2.05) is 18.2 Å². The topological polar surface area (TPSA) is 119 Å². The lowest BCUT2D eigenvalue weighted by Gasteiger charge is -2.37. The van der Waals surface area contributed by atoms with E-state index in [4.69, 9.17) is 30.5 Å². The summed E-state index contributed by atoms with van der Waals surface area (Å²) in [5.41, 5.74) is 0.619. The van der Waals surface area contributed by atoms with Crippen molar-refractivity contribution < 1.29 is 42.1 Å². The fraction of sp³-hybridized carbons (Fsp3) is 0.345. The molecule has 0 spiro atoms. The molecule has 0 amide bonds. The molecule has 0 bridgehead atoms. The summed E-state index contributed by atoms with van der Waals surface area (Å²) in [5.74, 6) is -3.67. The van der Waals surface area contributed by atoms with Crippen molar-refractivity contribution in [3.05, 3.63) is 76.1 Å². The van der Waals surface area contributed by atoms with Gasteiger partial charge in [-0.1, -0.05) is 28.9 Å². The van der Waals surface area contributed by atoms with Crippen LogP contribution in [0.15, 0.2) is 48.4 Å². The van der Waals surface area contributed by atoms with Gasteiger partial charge in [0.15, 0.2) is 29.6 Å². The molecule has 4 rings (SSSR count). The van der Waals surface area contributed by atoms with Crippen molar-refractivity contribution in [1.82, 2.24) is 15.0 Å². The van der Waals surface area contributed by atoms with E-state index >= 15 is 0 Å². The Bertz CT molecular complexity index is 1540. The van der Waals surface area contributed by atoms with E-state index < -0.39 is 47.2 Å². The van der Waals surface area contributed by atoms with Gasteiger partial charge in [-0.2, -0.15) is 0 Å². The molecule has 0 aliphatic carbocycles. The van der Waals surface area contributed by atoms with Gasteiger partial charge in [0.2, 0.25) is 0 Å². The highest BCUT2D eigenvalue weighted by atomic mass is 35.5. The van der Waals surface area contributed by atoms with Gasteiger partial charge < -0.3 is 18.9 Å². The third kappa shape index (κ3) is 8.18. The van der Waals surface area contributed by atoms with E-state index in [2.05, 4.69) is 10.3 Å². The molecule has 43 heavy (non-hydrogen) atoms. The van der Waals surface area contributed by atoms with Gasteiger partial charge in [-0.05, 0) is 54.5 Å². The lowest BCUT2D eigenvalue weighted by Crippen LogP contribution is -2.45. The number of rotatable bonds is 10. The first-order chi connectivity index (χ1) is 20.4. The first-order valence-electron chi connectivity index (χ1n) is 13.1. The number of carbonyl (C=O) groups is 3. The average molecular weight is 636 g/mol. The zero-order chi connectivity index (χ0) is 31.3. The van der Waals surface area contributed by atoms with Crippen molar-refractivity contribution in [3.63, 3.8) is 0 Å². The van der Waals surface area contributed by atoms with Gasteiger partial charge in [0.1, 0.15) is 23.4 Å². The Morgan fingerprint density at radius 1 is 1.09 bits per heavy atom. The number of esters is 3. The molecule has 0 fully saturated rings. The van der Waals surface area contributed by atoms with E-state index in [0.717, 1.165) is 18.6 Å². The van der Waals surface area contributed by atoms with E-state index in [1.54, 1.807) is 6.07 Å². The maximum absolute atomic E-state index is 14.2. The smallest absolute Gasteiger partial charge is 0.307 e. The summed E-state index contributed by atoms with van der Waals surface area (Å²) in [7, 11) is 0. The zero-order valence-electron chi connectivity index (χ0n) is 23.6. The highest BCUT2D eigenvalue weighted by Gasteiger charge is 2.44. The molecule has 2 aromatic carbocycles. The van der Waals surface area contributed by atoms with E-state index in [0.29, 0.717) is 17.2 Å². The molecule has 0 radical (unpaired) electrons. The second-order valence-electron chi connectivity index (χ2n) is 9.56. The van der Waals surface area contributed by atoms with Crippen LogP contribution >= 0.6 is 23.4 Å². The predicted octanol–water partition coefficient (Wildman–Crippen LogP) is 5.11. The Kier molecular flexibility index (Phi) is 10.5. The largest absolute Gasteiger partial charge is 0.463 e. The maximum atomic E-state index is 14.2. The van der Waals surface area contributed by atoms with Crippen LogP contribution in [0, 0.1) is 18.6 Å². The summed E-state index contributed by atoms with van der Waals surface area (Å²) in [5, 5.41) is 8.82. The molecule has 0 saturated carbocycles. The first kappa shape index (κ1) is 32.1. The molecule has 2 heterocycles. The molecule has 2 unspecified atom stereocenters. The van der Waals surface area contributed by atoms with Crippen LogP contribution in [0.3, 0.4) is 0 Å². The molecule has 1 aliphatic rings. The number of aryl methyl sites for hydroxylation is 2. The van der Waals surface area contributed by atoms with Crippen LogP contribution in [0.1, 0.15) is 31.9 Å². The minimum atomic E-state index is -1.17. The summed E-state index contributed by atoms with van der Waals surface area (Å²) >= 11 is 7.42. The third-order valence-corrected chi connectivity index (χ3v) is 7.51. The van der Waals surface area contributed by atoms with Gasteiger partial charge in [0.05, 0.1) is 6.20 Å². The Morgan fingerprint density at radius 3 is 2.51 bits per heavy atom. The van der Waals surface area contributed by atoms with E-state index in [1.165, 1.54) is 49.5 Å². The Hall–Kier alpha value is -3.81. The Morgan fingerprint density at radius 2 is 1.86 bits per heavy atom. The van der Waals surface area contributed by atoms with Crippen molar-refractivity contribution in [1.29, 1.82) is 0 Å². The first-order valence-corrected chi connectivity index (χ1v) is 14.5. The van der Waals surface area contributed by atoms with Gasteiger partial charge in [0.25, 0.3) is 0 Å². The lowest BCUT2D eigenvalue weighted by atomic mass is 10.1. The standard InChI is InChI=1S/C29H28ClF2N3O7S/c1-15-10-20(12-22(31)25(15)32)23-13-35(34-33-23)26-27(40-17(3)37)24(14-39-16(2)36)42-29(28(26)41-18(4)38)43-9-8-19-6-5-7-21(30)11-19/h5-7,10-13,24,28-29H,8-9,14H2,1-4H3/t24?,28?,29-/m1/s1. The second-order valence-corrected chi connectivity index (χ2v) is 11.2. The third-order valence-electron chi connectivity index (χ3n) is 6.15. The molecule has 3 aromatic rings. The number of thioether (sulfide) groups is 1. The van der Waals surface area contributed by atoms with Crippen LogP contribution < -0.4 is 0 Å². The summed E-state index contributed by atoms with van der Waals surface area (Å²) in [6.07, 6.45) is -0.295. The summed E-state index contributed by atoms with van der Waals surface area (Å²) in [6, 6.07) is 9.73. The summed E-state index contributed by atoms with van der Waals surface area (Å²) in [6.45, 7) is 4.66. The van der Waals surface area contributed by atoms with Crippen molar-refractivity contribution in [2.24, 2.45) is 0 Å². The van der Waals surface area contributed by atoms with Crippen LogP contribution in [-0.4, -0.2) is 62.9 Å². The molecular formula is C29H28ClF2N3O7S. The van der Waals surface area contributed by atoms with Crippen LogP contribution in [0.5, 0.6) is 0 Å². The van der Waals surface area contributed by atoms with Gasteiger partial charge in [-0.25, -0.2) is 13.5 Å². The van der Waals surface area contributed by atoms with Gasteiger partial charge >= 0.3 is 17.9 Å². The average Bonchev–Trinajstić information content (AvgIpc) is 3.41. The molecule has 3 atom stereocenters. The number of halogens is 3. The summed E-state index contributed by atoms with van der Waals surface area (Å²) in [4.78, 5) is 36.2. The molecule has 0 N–H and O–H groups in total. The van der Waals surface area contributed by atoms with E-state index in [9.17, 15) is 23.2 Å². The minimum Gasteiger partial charge on any atom is -0.463 e. The molecule has 1 aliphatic heterocycles. The van der Waals surface area contributed by atoms with Gasteiger partial charge in [-0.15, -0.1) is 16.9 Å². The zero-order valence-corrected chi connectivity index (χ0v) is 25.2. The molecule has 10 nitrogen and oxygen atoms in total. The van der Waals surface area contributed by atoms with Crippen LogP contribution in [0.4, 0.5) is 8.78 Å². The van der Waals surface area contributed by atoms with Crippen molar-refractivity contribution in [2.75, 3.05) is 12.4 Å². The Labute approximate surface area is 255 Å². The number of benzene rings is 2. The number of aromatic nitrogens is 3.